The molecule has 0 spiro atoms. The Morgan fingerprint density at radius 1 is 1.24 bits per heavy atom. The summed E-state index contributed by atoms with van der Waals surface area (Å²) in [6, 6.07) is 12.9. The monoisotopic (exact) mass is 414 g/mol. The zero-order chi connectivity index (χ0) is 20.6. The summed E-state index contributed by atoms with van der Waals surface area (Å²) < 4.78 is 16.2. The SMILES string of the molecule is N#Cc1ccc(NC(=O)COC(=O)c2ccc(OC[C@H]3CCCO3)cc2)cc1Cl. The number of ether oxygens (including phenoxy) is 3. The molecule has 0 aromatic heterocycles. The van der Waals surface area contributed by atoms with E-state index in [0.717, 1.165) is 19.4 Å². The first-order chi connectivity index (χ1) is 14.0. The lowest BCUT2D eigenvalue weighted by Gasteiger charge is -2.11. The Balaban J connectivity index is 1.45. The van der Waals surface area contributed by atoms with E-state index in [9.17, 15) is 9.59 Å². The van der Waals surface area contributed by atoms with Crippen LogP contribution in [0.3, 0.4) is 0 Å². The molecule has 2 aromatic rings. The average Bonchev–Trinajstić information content (AvgIpc) is 3.25. The number of rotatable bonds is 7. The van der Waals surface area contributed by atoms with Gasteiger partial charge in [-0.1, -0.05) is 11.6 Å². The van der Waals surface area contributed by atoms with Crippen molar-refractivity contribution >= 4 is 29.2 Å². The lowest BCUT2D eigenvalue weighted by Crippen LogP contribution is -2.21. The maximum absolute atomic E-state index is 12.1. The first-order valence-corrected chi connectivity index (χ1v) is 9.44. The van der Waals surface area contributed by atoms with E-state index in [0.29, 0.717) is 29.2 Å². The molecule has 1 heterocycles. The third-order valence-corrected chi connectivity index (χ3v) is 4.57. The van der Waals surface area contributed by atoms with Gasteiger partial charge in [0.2, 0.25) is 0 Å². The van der Waals surface area contributed by atoms with Gasteiger partial charge in [0.1, 0.15) is 18.4 Å². The van der Waals surface area contributed by atoms with Gasteiger partial charge in [-0.3, -0.25) is 4.79 Å². The van der Waals surface area contributed by atoms with Crippen LogP contribution in [-0.4, -0.2) is 37.8 Å². The Morgan fingerprint density at radius 3 is 2.69 bits per heavy atom. The number of nitriles is 1. The Morgan fingerprint density at radius 2 is 2.03 bits per heavy atom. The molecule has 1 aliphatic rings. The van der Waals surface area contributed by atoms with Crippen LogP contribution < -0.4 is 10.1 Å². The molecule has 1 amide bonds. The molecule has 1 atom stereocenters. The van der Waals surface area contributed by atoms with Crippen LogP contribution in [0, 0.1) is 11.3 Å². The van der Waals surface area contributed by atoms with Crippen LogP contribution in [0.4, 0.5) is 5.69 Å². The van der Waals surface area contributed by atoms with Crippen LogP contribution in [0.15, 0.2) is 42.5 Å². The number of nitrogens with one attached hydrogen (secondary N) is 1. The van der Waals surface area contributed by atoms with Gasteiger partial charge in [0, 0.05) is 12.3 Å². The van der Waals surface area contributed by atoms with Crippen molar-refractivity contribution < 1.29 is 23.8 Å². The highest BCUT2D eigenvalue weighted by Gasteiger charge is 2.16. The molecule has 2 aromatic carbocycles. The van der Waals surface area contributed by atoms with Crippen molar-refractivity contribution in [1.82, 2.24) is 0 Å². The molecule has 1 fully saturated rings. The molecule has 0 aliphatic carbocycles. The van der Waals surface area contributed by atoms with Gasteiger partial charge in [0.25, 0.3) is 5.91 Å². The summed E-state index contributed by atoms with van der Waals surface area (Å²) in [5.74, 6) is -0.508. The Labute approximate surface area is 173 Å². The minimum absolute atomic E-state index is 0.115. The third kappa shape index (κ3) is 5.95. The molecular formula is C21H19ClN2O5. The first-order valence-electron chi connectivity index (χ1n) is 9.06. The highest BCUT2D eigenvalue weighted by molar-refractivity contribution is 6.32. The second kappa shape index (κ2) is 9.92. The van der Waals surface area contributed by atoms with Gasteiger partial charge in [0.15, 0.2) is 6.61 Å². The lowest BCUT2D eigenvalue weighted by atomic mass is 10.2. The lowest BCUT2D eigenvalue weighted by molar-refractivity contribution is -0.119. The molecule has 1 saturated heterocycles. The molecule has 0 unspecified atom stereocenters. The summed E-state index contributed by atoms with van der Waals surface area (Å²) in [6.07, 6.45) is 2.15. The highest BCUT2D eigenvalue weighted by atomic mass is 35.5. The second-order valence-corrected chi connectivity index (χ2v) is 6.81. The molecule has 1 N–H and O–H groups in total. The van der Waals surface area contributed by atoms with E-state index >= 15 is 0 Å². The Hall–Kier alpha value is -3.08. The molecular weight excluding hydrogens is 396 g/mol. The fourth-order valence-electron chi connectivity index (χ4n) is 2.75. The number of benzene rings is 2. The van der Waals surface area contributed by atoms with Gasteiger partial charge >= 0.3 is 5.97 Å². The van der Waals surface area contributed by atoms with E-state index in [4.69, 9.17) is 31.1 Å². The first kappa shape index (κ1) is 20.6. The third-order valence-electron chi connectivity index (χ3n) is 4.26. The summed E-state index contributed by atoms with van der Waals surface area (Å²) in [5, 5.41) is 11.6. The van der Waals surface area contributed by atoms with Gasteiger partial charge in [0.05, 0.1) is 22.3 Å². The standard InChI is InChI=1S/C21H19ClN2O5/c22-19-10-16(6-3-15(19)11-23)24-20(25)13-29-21(26)14-4-7-17(8-5-14)28-12-18-2-1-9-27-18/h3-8,10,18H,1-2,9,12-13H2,(H,24,25)/t18-/m1/s1. The zero-order valence-corrected chi connectivity index (χ0v) is 16.3. The molecule has 8 heteroatoms. The normalized spacial score (nSPS) is 15.4. The summed E-state index contributed by atoms with van der Waals surface area (Å²) in [7, 11) is 0. The topological polar surface area (TPSA) is 97.7 Å². The minimum atomic E-state index is -0.622. The van der Waals surface area contributed by atoms with Crippen molar-refractivity contribution in [1.29, 1.82) is 5.26 Å². The van der Waals surface area contributed by atoms with Crippen molar-refractivity contribution in [3.63, 3.8) is 0 Å². The quantitative estimate of drug-likeness (QED) is 0.695. The smallest absolute Gasteiger partial charge is 0.338 e. The molecule has 0 bridgehead atoms. The van der Waals surface area contributed by atoms with Crippen LogP contribution in [0.25, 0.3) is 0 Å². The average molecular weight is 415 g/mol. The molecule has 3 rings (SSSR count). The fraction of sp³-hybridized carbons (Fsp3) is 0.286. The number of hydrogen-bond donors (Lipinski definition) is 1. The molecule has 150 valence electrons. The van der Waals surface area contributed by atoms with Crippen molar-refractivity contribution in [2.45, 2.75) is 18.9 Å². The summed E-state index contributed by atoms with van der Waals surface area (Å²) in [4.78, 5) is 24.0. The number of carbonyl (C=O) groups is 2. The molecule has 0 radical (unpaired) electrons. The van der Waals surface area contributed by atoms with Crippen molar-refractivity contribution in [2.24, 2.45) is 0 Å². The van der Waals surface area contributed by atoms with E-state index in [1.807, 2.05) is 6.07 Å². The van der Waals surface area contributed by atoms with Gasteiger partial charge in [-0.05, 0) is 55.3 Å². The Kier molecular flexibility index (Phi) is 7.06. The van der Waals surface area contributed by atoms with Crippen LogP contribution in [-0.2, 0) is 14.3 Å². The van der Waals surface area contributed by atoms with Crippen molar-refractivity contribution in [3.05, 3.63) is 58.6 Å². The maximum atomic E-state index is 12.1. The fourth-order valence-corrected chi connectivity index (χ4v) is 2.97. The number of anilines is 1. The van der Waals surface area contributed by atoms with E-state index in [-0.39, 0.29) is 11.1 Å². The Bertz CT molecular complexity index is 918. The van der Waals surface area contributed by atoms with Gasteiger partial charge in [-0.2, -0.15) is 5.26 Å². The second-order valence-electron chi connectivity index (χ2n) is 6.40. The number of hydrogen-bond acceptors (Lipinski definition) is 6. The highest BCUT2D eigenvalue weighted by Crippen LogP contribution is 2.20. The molecule has 7 nitrogen and oxygen atoms in total. The number of esters is 1. The van der Waals surface area contributed by atoms with E-state index in [1.54, 1.807) is 30.3 Å². The predicted octanol–water partition coefficient (Wildman–Crippen LogP) is 3.56. The van der Waals surface area contributed by atoms with Crippen LogP contribution in [0.2, 0.25) is 5.02 Å². The zero-order valence-electron chi connectivity index (χ0n) is 15.5. The van der Waals surface area contributed by atoms with E-state index < -0.39 is 18.5 Å². The van der Waals surface area contributed by atoms with Crippen molar-refractivity contribution in [3.8, 4) is 11.8 Å². The maximum Gasteiger partial charge on any atom is 0.338 e. The number of carbonyl (C=O) groups excluding carboxylic acids is 2. The minimum Gasteiger partial charge on any atom is -0.491 e. The van der Waals surface area contributed by atoms with Gasteiger partial charge in [-0.15, -0.1) is 0 Å². The molecule has 1 aliphatic heterocycles. The van der Waals surface area contributed by atoms with Gasteiger partial charge < -0.3 is 19.5 Å². The van der Waals surface area contributed by atoms with Crippen LogP contribution in [0.5, 0.6) is 5.75 Å². The van der Waals surface area contributed by atoms with Crippen LogP contribution in [0.1, 0.15) is 28.8 Å². The molecule has 0 saturated carbocycles. The largest absolute Gasteiger partial charge is 0.491 e. The van der Waals surface area contributed by atoms with E-state index in [1.165, 1.54) is 12.1 Å². The number of nitrogens with zero attached hydrogens (tertiary/aromatic N) is 1. The summed E-state index contributed by atoms with van der Waals surface area (Å²) in [6.45, 7) is 0.793. The predicted molar refractivity (Wildman–Crippen MR) is 106 cm³/mol. The molecule has 29 heavy (non-hydrogen) atoms. The number of amides is 1. The van der Waals surface area contributed by atoms with Crippen LogP contribution >= 0.6 is 11.6 Å². The summed E-state index contributed by atoms with van der Waals surface area (Å²) in [5.41, 5.74) is 1.02. The summed E-state index contributed by atoms with van der Waals surface area (Å²) >= 11 is 5.92. The number of halogens is 1. The van der Waals surface area contributed by atoms with Gasteiger partial charge in [-0.25, -0.2) is 4.79 Å². The van der Waals surface area contributed by atoms with Crippen molar-refractivity contribution in [2.75, 3.05) is 25.1 Å². The van der Waals surface area contributed by atoms with E-state index in [2.05, 4.69) is 5.32 Å².